The zero-order valence-electron chi connectivity index (χ0n) is 17.4. The molecule has 1 unspecified atom stereocenters. The quantitative estimate of drug-likeness (QED) is 0.547. The van der Waals surface area contributed by atoms with E-state index in [0.29, 0.717) is 36.8 Å². The van der Waals surface area contributed by atoms with Gasteiger partial charge in [0.05, 0.1) is 23.9 Å². The van der Waals surface area contributed by atoms with Crippen molar-refractivity contribution in [2.24, 2.45) is 5.92 Å². The highest BCUT2D eigenvalue weighted by molar-refractivity contribution is 6.31. The van der Waals surface area contributed by atoms with Crippen molar-refractivity contribution in [3.05, 3.63) is 47.2 Å². The van der Waals surface area contributed by atoms with Gasteiger partial charge >= 0.3 is 0 Å². The van der Waals surface area contributed by atoms with Crippen molar-refractivity contribution >= 4 is 45.6 Å². The summed E-state index contributed by atoms with van der Waals surface area (Å²) in [6.07, 6.45) is 2.49. The van der Waals surface area contributed by atoms with Crippen molar-refractivity contribution in [3.63, 3.8) is 0 Å². The molecule has 5 rings (SSSR count). The fraction of sp³-hybridized carbons (Fsp3) is 0.391. The van der Waals surface area contributed by atoms with Crippen molar-refractivity contribution < 1.29 is 9.13 Å². The van der Waals surface area contributed by atoms with E-state index >= 15 is 0 Å². The molecule has 8 heteroatoms. The van der Waals surface area contributed by atoms with Crippen molar-refractivity contribution in [3.8, 4) is 0 Å². The van der Waals surface area contributed by atoms with E-state index in [4.69, 9.17) is 26.3 Å². The van der Waals surface area contributed by atoms with Gasteiger partial charge in [-0.2, -0.15) is 4.98 Å². The maximum Gasteiger partial charge on any atom is 0.229 e. The van der Waals surface area contributed by atoms with E-state index in [1.807, 2.05) is 0 Å². The number of anilines is 4. The lowest BCUT2D eigenvalue weighted by molar-refractivity contribution is 0.123. The second kappa shape index (κ2) is 8.48. The first-order valence-corrected chi connectivity index (χ1v) is 11.1. The molecule has 31 heavy (non-hydrogen) atoms. The highest BCUT2D eigenvalue weighted by Gasteiger charge is 2.29. The summed E-state index contributed by atoms with van der Waals surface area (Å²) in [5, 5.41) is 7.84. The molecule has 2 N–H and O–H groups in total. The van der Waals surface area contributed by atoms with Gasteiger partial charge in [0.1, 0.15) is 17.2 Å². The number of hydrogen-bond acceptors (Lipinski definition) is 6. The zero-order valence-corrected chi connectivity index (χ0v) is 18.1. The molecule has 1 aromatic heterocycles. The summed E-state index contributed by atoms with van der Waals surface area (Å²) in [5.74, 6) is 1.47. The molecule has 1 saturated heterocycles. The van der Waals surface area contributed by atoms with Crippen LogP contribution in [-0.2, 0) is 4.74 Å². The van der Waals surface area contributed by atoms with Crippen molar-refractivity contribution in [1.82, 2.24) is 9.97 Å². The lowest BCUT2D eigenvalue weighted by Gasteiger charge is -2.29. The molecule has 1 saturated carbocycles. The Bertz CT molecular complexity index is 1100. The number of aromatic nitrogens is 2. The number of ether oxygens (including phenoxy) is 1. The number of benzene rings is 2. The van der Waals surface area contributed by atoms with Gasteiger partial charge in [-0.15, -0.1) is 0 Å². The Morgan fingerprint density at radius 1 is 1.16 bits per heavy atom. The Balaban J connectivity index is 1.57. The first-order valence-electron chi connectivity index (χ1n) is 10.7. The SMILES string of the molecule is CC(Nc1nc(Nc2ccc(F)c(Cl)c2)nc2c(N3CCOCC3)cccc12)C1CC1. The Morgan fingerprint density at radius 2 is 1.97 bits per heavy atom. The lowest BCUT2D eigenvalue weighted by Crippen LogP contribution is -2.36. The number of nitrogens with one attached hydrogen (secondary N) is 2. The second-order valence-corrected chi connectivity index (χ2v) is 8.60. The summed E-state index contributed by atoms with van der Waals surface area (Å²) in [6.45, 7) is 5.24. The van der Waals surface area contributed by atoms with Crippen LogP contribution in [0.1, 0.15) is 19.8 Å². The molecular weight excluding hydrogens is 417 g/mol. The van der Waals surface area contributed by atoms with E-state index in [0.717, 1.165) is 35.5 Å². The summed E-state index contributed by atoms with van der Waals surface area (Å²) in [5.41, 5.74) is 2.57. The summed E-state index contributed by atoms with van der Waals surface area (Å²) >= 11 is 5.96. The van der Waals surface area contributed by atoms with Crippen LogP contribution in [0.3, 0.4) is 0 Å². The minimum Gasteiger partial charge on any atom is -0.378 e. The number of halogens is 2. The van der Waals surface area contributed by atoms with Gasteiger partial charge in [-0.1, -0.05) is 17.7 Å². The van der Waals surface area contributed by atoms with Crippen LogP contribution in [0.5, 0.6) is 0 Å². The number of morpholine rings is 1. The first kappa shape index (κ1) is 20.3. The Kier molecular flexibility index (Phi) is 5.54. The van der Waals surface area contributed by atoms with Crippen molar-refractivity contribution in [2.75, 3.05) is 41.8 Å². The third kappa shape index (κ3) is 4.38. The van der Waals surface area contributed by atoms with Gasteiger partial charge in [-0.05, 0) is 56.0 Å². The summed E-state index contributed by atoms with van der Waals surface area (Å²) in [7, 11) is 0. The fourth-order valence-electron chi connectivity index (χ4n) is 4.00. The van der Waals surface area contributed by atoms with E-state index in [1.165, 1.54) is 25.0 Å². The average Bonchev–Trinajstić information content (AvgIpc) is 3.62. The smallest absolute Gasteiger partial charge is 0.229 e. The summed E-state index contributed by atoms with van der Waals surface area (Å²) in [4.78, 5) is 11.9. The third-order valence-electron chi connectivity index (χ3n) is 5.93. The molecule has 0 spiro atoms. The third-order valence-corrected chi connectivity index (χ3v) is 6.22. The first-order chi connectivity index (χ1) is 15.1. The van der Waals surface area contributed by atoms with Crippen molar-refractivity contribution in [2.45, 2.75) is 25.8 Å². The molecule has 2 heterocycles. The van der Waals surface area contributed by atoms with E-state index < -0.39 is 5.82 Å². The molecule has 162 valence electrons. The standard InChI is InChI=1S/C23H25ClFN5O/c1-14(15-5-6-15)26-22-17-3-2-4-20(30-9-11-31-12-10-30)21(17)28-23(29-22)27-16-7-8-19(25)18(24)13-16/h2-4,7-8,13-15H,5-6,9-12H2,1H3,(H2,26,27,28,29). The van der Waals surface area contributed by atoms with Gasteiger partial charge in [0.2, 0.25) is 5.95 Å². The summed E-state index contributed by atoms with van der Waals surface area (Å²) in [6, 6.07) is 11.0. The fourth-order valence-corrected chi connectivity index (χ4v) is 4.18. The molecule has 1 atom stereocenters. The molecule has 2 aliphatic rings. The molecule has 6 nitrogen and oxygen atoms in total. The molecule has 2 fully saturated rings. The topological polar surface area (TPSA) is 62.3 Å². The lowest BCUT2D eigenvalue weighted by atomic mass is 10.1. The predicted octanol–water partition coefficient (Wildman–Crippen LogP) is 5.21. The van der Waals surface area contributed by atoms with Gasteiger partial charge in [0.25, 0.3) is 0 Å². The largest absolute Gasteiger partial charge is 0.378 e. The number of rotatable bonds is 6. The van der Waals surface area contributed by atoms with Gasteiger partial charge in [0, 0.05) is 30.2 Å². The minimum atomic E-state index is -0.457. The van der Waals surface area contributed by atoms with Crippen LogP contribution >= 0.6 is 11.6 Å². The molecular formula is C23H25ClFN5O. The number of para-hydroxylation sites is 1. The Hall–Kier alpha value is -2.64. The van der Waals surface area contributed by atoms with Crippen LogP contribution in [0.4, 0.5) is 27.5 Å². The van der Waals surface area contributed by atoms with Crippen LogP contribution < -0.4 is 15.5 Å². The van der Waals surface area contributed by atoms with Gasteiger partial charge in [-0.25, -0.2) is 9.37 Å². The Morgan fingerprint density at radius 3 is 2.71 bits per heavy atom. The molecule has 0 radical (unpaired) electrons. The van der Waals surface area contributed by atoms with E-state index in [-0.39, 0.29) is 5.02 Å². The Labute approximate surface area is 185 Å². The molecule has 2 aromatic carbocycles. The van der Waals surface area contributed by atoms with Crippen LogP contribution in [0, 0.1) is 11.7 Å². The molecule has 0 amide bonds. The molecule has 1 aliphatic carbocycles. The predicted molar refractivity (Wildman–Crippen MR) is 123 cm³/mol. The summed E-state index contributed by atoms with van der Waals surface area (Å²) < 4.78 is 19.1. The van der Waals surface area contributed by atoms with Crippen LogP contribution in [-0.4, -0.2) is 42.3 Å². The van der Waals surface area contributed by atoms with Crippen molar-refractivity contribution in [1.29, 1.82) is 0 Å². The number of hydrogen-bond donors (Lipinski definition) is 2. The average molecular weight is 442 g/mol. The normalized spacial score (nSPS) is 17.6. The van der Waals surface area contributed by atoms with Gasteiger partial charge < -0.3 is 20.3 Å². The zero-order chi connectivity index (χ0) is 21.4. The maximum atomic E-state index is 13.6. The maximum absolute atomic E-state index is 13.6. The highest BCUT2D eigenvalue weighted by atomic mass is 35.5. The molecule has 1 aliphatic heterocycles. The van der Waals surface area contributed by atoms with E-state index in [2.05, 4.69) is 40.7 Å². The van der Waals surface area contributed by atoms with E-state index in [1.54, 1.807) is 6.07 Å². The van der Waals surface area contributed by atoms with E-state index in [9.17, 15) is 4.39 Å². The number of fused-ring (bicyclic) bond motifs is 1. The van der Waals surface area contributed by atoms with Crippen LogP contribution in [0.25, 0.3) is 10.9 Å². The highest BCUT2D eigenvalue weighted by Crippen LogP contribution is 2.36. The minimum absolute atomic E-state index is 0.0560. The van der Waals surface area contributed by atoms with Gasteiger partial charge in [0.15, 0.2) is 0 Å². The molecule has 0 bridgehead atoms. The molecule has 3 aromatic rings. The van der Waals surface area contributed by atoms with Crippen LogP contribution in [0.15, 0.2) is 36.4 Å². The van der Waals surface area contributed by atoms with Crippen LogP contribution in [0.2, 0.25) is 5.02 Å². The van der Waals surface area contributed by atoms with Gasteiger partial charge in [-0.3, -0.25) is 0 Å². The monoisotopic (exact) mass is 441 g/mol. The number of nitrogens with zero attached hydrogens (tertiary/aromatic N) is 3. The second-order valence-electron chi connectivity index (χ2n) is 8.19.